The summed E-state index contributed by atoms with van der Waals surface area (Å²) in [5.74, 6) is 1.98. The average Bonchev–Trinajstić information content (AvgIpc) is 3.27. The van der Waals surface area contributed by atoms with Crippen LogP contribution in [-0.2, 0) is 16.0 Å². The second kappa shape index (κ2) is 11.0. The summed E-state index contributed by atoms with van der Waals surface area (Å²) in [6, 6.07) is 8.33. The average molecular weight is 416 g/mol. The maximum atomic E-state index is 6.17. The van der Waals surface area contributed by atoms with Crippen LogP contribution in [0.4, 0.5) is 0 Å². The maximum Gasteiger partial charge on any atom is 0.194 e. The van der Waals surface area contributed by atoms with E-state index in [-0.39, 0.29) is 0 Å². The van der Waals surface area contributed by atoms with Gasteiger partial charge >= 0.3 is 0 Å². The first-order valence-corrected chi connectivity index (χ1v) is 11.8. The molecule has 4 rings (SSSR count). The molecule has 30 heavy (non-hydrogen) atoms. The number of para-hydroxylation sites is 1. The lowest BCUT2D eigenvalue weighted by Crippen LogP contribution is -2.47. The Kier molecular flexibility index (Phi) is 7.87. The predicted octanol–water partition coefficient (Wildman–Crippen LogP) is 3.74. The zero-order valence-corrected chi connectivity index (χ0v) is 18.4. The minimum Gasteiger partial charge on any atom is -0.490 e. The van der Waals surface area contributed by atoms with Gasteiger partial charge in [-0.15, -0.1) is 0 Å². The van der Waals surface area contributed by atoms with Crippen molar-refractivity contribution in [3.05, 3.63) is 29.8 Å². The van der Waals surface area contributed by atoms with E-state index in [1.807, 2.05) is 6.07 Å². The minimum absolute atomic E-state index is 0.309. The van der Waals surface area contributed by atoms with Crippen molar-refractivity contribution in [2.45, 2.75) is 76.7 Å². The summed E-state index contributed by atoms with van der Waals surface area (Å²) in [6.45, 7) is 7.22. The third-order valence-electron chi connectivity index (χ3n) is 6.34. The number of aliphatic imine (C=N–C) groups is 1. The van der Waals surface area contributed by atoms with Crippen LogP contribution in [0.15, 0.2) is 29.3 Å². The Morgan fingerprint density at radius 1 is 1.10 bits per heavy atom. The summed E-state index contributed by atoms with van der Waals surface area (Å²) in [5.41, 5.74) is 1.16. The van der Waals surface area contributed by atoms with Crippen LogP contribution < -0.4 is 10.1 Å². The molecular formula is C24H37N3O3. The number of hydrogen-bond acceptors (Lipinski definition) is 4. The van der Waals surface area contributed by atoms with Crippen LogP contribution in [-0.4, -0.2) is 62.0 Å². The molecule has 2 heterocycles. The molecule has 6 nitrogen and oxygen atoms in total. The Hall–Kier alpha value is -1.79. The fraction of sp³-hybridized carbons (Fsp3) is 0.708. The van der Waals surface area contributed by atoms with Gasteiger partial charge in [0.15, 0.2) is 5.96 Å². The molecule has 3 fully saturated rings. The quantitative estimate of drug-likeness (QED) is 0.518. The summed E-state index contributed by atoms with van der Waals surface area (Å²) < 4.78 is 18.0. The molecule has 1 atom stereocenters. The van der Waals surface area contributed by atoms with E-state index in [0.29, 0.717) is 24.9 Å². The zero-order chi connectivity index (χ0) is 20.6. The fourth-order valence-corrected chi connectivity index (χ4v) is 4.26. The van der Waals surface area contributed by atoms with Gasteiger partial charge in [-0.1, -0.05) is 18.2 Å². The SMILES string of the molecule is CCNC(=NCc1ccccc1OC1CCC1)N1CCC(OCC2CCCO2)CC1. The lowest BCUT2D eigenvalue weighted by molar-refractivity contribution is -0.0367. The second-order valence-electron chi connectivity index (χ2n) is 8.60. The lowest BCUT2D eigenvalue weighted by Gasteiger charge is -2.34. The Bertz CT molecular complexity index is 678. The van der Waals surface area contributed by atoms with E-state index >= 15 is 0 Å². The topological polar surface area (TPSA) is 55.3 Å². The number of nitrogens with one attached hydrogen (secondary N) is 1. The van der Waals surface area contributed by atoms with Crippen molar-refractivity contribution in [1.29, 1.82) is 0 Å². The van der Waals surface area contributed by atoms with Crippen molar-refractivity contribution in [1.82, 2.24) is 10.2 Å². The number of ether oxygens (including phenoxy) is 3. The Morgan fingerprint density at radius 2 is 1.93 bits per heavy atom. The van der Waals surface area contributed by atoms with Gasteiger partial charge in [0.25, 0.3) is 0 Å². The summed E-state index contributed by atoms with van der Waals surface area (Å²) in [7, 11) is 0. The standard InChI is InChI=1S/C24H37N3O3/c1-2-25-24(26-17-19-7-3-4-11-23(19)30-21-8-5-9-21)27-14-12-20(13-15-27)29-18-22-10-6-16-28-22/h3-4,7,11,20-22H,2,5-6,8-10,12-18H2,1H3,(H,25,26). The van der Waals surface area contributed by atoms with E-state index in [1.54, 1.807) is 0 Å². The molecule has 0 spiro atoms. The number of nitrogens with zero attached hydrogens (tertiary/aromatic N) is 2. The Balaban J connectivity index is 1.30. The van der Waals surface area contributed by atoms with Crippen molar-refractivity contribution < 1.29 is 14.2 Å². The first-order chi connectivity index (χ1) is 14.8. The highest BCUT2D eigenvalue weighted by Gasteiger charge is 2.24. The number of hydrogen-bond donors (Lipinski definition) is 1. The van der Waals surface area contributed by atoms with E-state index in [4.69, 9.17) is 19.2 Å². The molecular weight excluding hydrogens is 378 g/mol. The van der Waals surface area contributed by atoms with Gasteiger partial charge in [0.05, 0.1) is 31.5 Å². The Labute approximate surface area is 181 Å². The molecule has 2 aliphatic heterocycles. The van der Waals surface area contributed by atoms with Gasteiger partial charge in [-0.2, -0.15) is 0 Å². The third-order valence-corrected chi connectivity index (χ3v) is 6.34. The molecule has 0 bridgehead atoms. The van der Waals surface area contributed by atoms with Gasteiger partial charge in [0.1, 0.15) is 5.75 Å². The number of rotatable bonds is 8. The minimum atomic E-state index is 0.309. The Morgan fingerprint density at radius 3 is 2.63 bits per heavy atom. The number of benzene rings is 1. The fourth-order valence-electron chi connectivity index (χ4n) is 4.26. The number of likely N-dealkylation sites (tertiary alicyclic amines) is 1. The molecule has 1 aromatic rings. The van der Waals surface area contributed by atoms with Gasteiger partial charge in [-0.3, -0.25) is 0 Å². The van der Waals surface area contributed by atoms with Crippen molar-refractivity contribution >= 4 is 5.96 Å². The summed E-state index contributed by atoms with van der Waals surface area (Å²) in [4.78, 5) is 7.31. The van der Waals surface area contributed by atoms with E-state index in [9.17, 15) is 0 Å². The largest absolute Gasteiger partial charge is 0.490 e. The highest BCUT2D eigenvalue weighted by Crippen LogP contribution is 2.28. The van der Waals surface area contributed by atoms with Crippen LogP contribution in [0.1, 0.15) is 57.4 Å². The number of guanidine groups is 1. The second-order valence-corrected chi connectivity index (χ2v) is 8.60. The van der Waals surface area contributed by atoms with Crippen molar-refractivity contribution in [2.75, 3.05) is 32.8 Å². The molecule has 2 saturated heterocycles. The highest BCUT2D eigenvalue weighted by atomic mass is 16.5. The van der Waals surface area contributed by atoms with E-state index in [0.717, 1.165) is 69.4 Å². The first-order valence-electron chi connectivity index (χ1n) is 11.8. The van der Waals surface area contributed by atoms with Crippen LogP contribution in [0.5, 0.6) is 5.75 Å². The molecule has 1 saturated carbocycles. The van der Waals surface area contributed by atoms with Crippen LogP contribution in [0.2, 0.25) is 0 Å². The predicted molar refractivity (Wildman–Crippen MR) is 119 cm³/mol. The van der Waals surface area contributed by atoms with E-state index in [2.05, 4.69) is 35.3 Å². The van der Waals surface area contributed by atoms with Crippen molar-refractivity contribution in [3.63, 3.8) is 0 Å². The van der Waals surface area contributed by atoms with E-state index in [1.165, 1.54) is 25.7 Å². The van der Waals surface area contributed by atoms with Gasteiger partial charge in [0.2, 0.25) is 0 Å². The van der Waals surface area contributed by atoms with Crippen LogP contribution in [0.3, 0.4) is 0 Å². The maximum absolute atomic E-state index is 6.17. The number of piperidine rings is 1. The monoisotopic (exact) mass is 415 g/mol. The summed E-state index contributed by atoms with van der Waals surface area (Å²) >= 11 is 0. The molecule has 1 N–H and O–H groups in total. The zero-order valence-electron chi connectivity index (χ0n) is 18.4. The van der Waals surface area contributed by atoms with Crippen LogP contribution in [0.25, 0.3) is 0 Å². The molecule has 1 unspecified atom stereocenters. The highest BCUT2D eigenvalue weighted by molar-refractivity contribution is 5.80. The lowest BCUT2D eigenvalue weighted by atomic mass is 9.96. The molecule has 6 heteroatoms. The van der Waals surface area contributed by atoms with Gasteiger partial charge < -0.3 is 24.4 Å². The molecule has 166 valence electrons. The molecule has 1 aromatic carbocycles. The molecule has 1 aliphatic carbocycles. The van der Waals surface area contributed by atoms with Crippen LogP contribution in [0, 0.1) is 0 Å². The first kappa shape index (κ1) is 21.4. The summed E-state index contributed by atoms with van der Waals surface area (Å²) in [5, 5.41) is 3.47. The molecule has 0 radical (unpaired) electrons. The van der Waals surface area contributed by atoms with Gasteiger partial charge in [0, 0.05) is 31.8 Å². The molecule has 3 aliphatic rings. The smallest absolute Gasteiger partial charge is 0.194 e. The summed E-state index contributed by atoms with van der Waals surface area (Å²) in [6.07, 6.45) is 9.05. The van der Waals surface area contributed by atoms with Crippen molar-refractivity contribution in [3.8, 4) is 5.75 Å². The van der Waals surface area contributed by atoms with Crippen LogP contribution >= 0.6 is 0 Å². The normalized spacial score (nSPS) is 23.4. The third kappa shape index (κ3) is 5.88. The van der Waals surface area contributed by atoms with Crippen molar-refractivity contribution in [2.24, 2.45) is 4.99 Å². The molecule has 0 aromatic heterocycles. The van der Waals surface area contributed by atoms with Gasteiger partial charge in [-0.05, 0) is 57.9 Å². The van der Waals surface area contributed by atoms with Gasteiger partial charge in [-0.25, -0.2) is 4.99 Å². The molecule has 0 amide bonds. The van der Waals surface area contributed by atoms with E-state index < -0.39 is 0 Å².